The third-order valence-corrected chi connectivity index (χ3v) is 4.88. The van der Waals surface area contributed by atoms with Crippen molar-refractivity contribution in [2.24, 2.45) is 0 Å². The highest BCUT2D eigenvalue weighted by atomic mass is 16.1. The van der Waals surface area contributed by atoms with Crippen LogP contribution in [0.3, 0.4) is 0 Å². The molecule has 0 saturated heterocycles. The number of nitrogens with zero attached hydrogens (tertiary/aromatic N) is 2. The van der Waals surface area contributed by atoms with Crippen LogP contribution in [0.2, 0.25) is 0 Å². The van der Waals surface area contributed by atoms with Crippen LogP contribution in [0.25, 0.3) is 10.9 Å². The lowest BCUT2D eigenvalue weighted by molar-refractivity contribution is -0.112. The van der Waals surface area contributed by atoms with Gasteiger partial charge in [0.2, 0.25) is 0 Å². The van der Waals surface area contributed by atoms with Gasteiger partial charge < -0.3 is 16.0 Å². The summed E-state index contributed by atoms with van der Waals surface area (Å²) in [6.45, 7) is 3.73. The van der Waals surface area contributed by atoms with Gasteiger partial charge >= 0.3 is 0 Å². The SMILES string of the molecule is C/C(=C\C=C(/C)C(=O)Nc1cccc(Nc2ccncc2)c1)Nc1ccnc2c#cccc12. The fourth-order valence-corrected chi connectivity index (χ4v) is 3.17. The van der Waals surface area contributed by atoms with Crippen molar-refractivity contribution < 1.29 is 4.79 Å². The second-order valence-electron chi connectivity index (χ2n) is 7.44. The number of hydrogen-bond donors (Lipinski definition) is 3. The topological polar surface area (TPSA) is 78.9 Å². The monoisotopic (exact) mass is 433 g/mol. The van der Waals surface area contributed by atoms with E-state index in [1.807, 2.05) is 67.6 Å². The van der Waals surface area contributed by atoms with E-state index < -0.39 is 0 Å². The van der Waals surface area contributed by atoms with E-state index in [0.717, 1.165) is 33.7 Å². The number of nitrogens with one attached hydrogen (secondary N) is 3. The molecule has 6 nitrogen and oxygen atoms in total. The van der Waals surface area contributed by atoms with E-state index in [2.05, 4.69) is 38.1 Å². The summed E-state index contributed by atoms with van der Waals surface area (Å²) in [6.07, 6.45) is 8.84. The van der Waals surface area contributed by atoms with E-state index in [1.54, 1.807) is 31.6 Å². The Balaban J connectivity index is 1.41. The van der Waals surface area contributed by atoms with E-state index in [0.29, 0.717) is 11.3 Å². The maximum absolute atomic E-state index is 12.7. The lowest BCUT2D eigenvalue weighted by Crippen LogP contribution is -2.12. The van der Waals surface area contributed by atoms with Crippen LogP contribution >= 0.6 is 0 Å². The Labute approximate surface area is 193 Å². The van der Waals surface area contributed by atoms with E-state index >= 15 is 0 Å². The number of benzene rings is 1. The minimum atomic E-state index is -0.167. The van der Waals surface area contributed by atoms with Crippen LogP contribution in [-0.4, -0.2) is 15.9 Å². The largest absolute Gasteiger partial charge is 0.359 e. The number of amides is 1. The molecule has 2 aromatic carbocycles. The maximum atomic E-state index is 12.7. The molecule has 0 atom stereocenters. The van der Waals surface area contributed by atoms with Gasteiger partial charge in [-0.2, -0.15) is 0 Å². The molecule has 0 fully saturated rings. The van der Waals surface area contributed by atoms with Crippen molar-refractivity contribution in [2.75, 3.05) is 16.0 Å². The molecule has 0 unspecified atom stereocenters. The second kappa shape index (κ2) is 10.1. The minimum absolute atomic E-state index is 0.167. The van der Waals surface area contributed by atoms with Crippen LogP contribution in [-0.2, 0) is 4.79 Å². The molecular weight excluding hydrogens is 410 g/mol. The van der Waals surface area contributed by atoms with E-state index in [9.17, 15) is 4.79 Å². The van der Waals surface area contributed by atoms with Crippen molar-refractivity contribution in [3.63, 3.8) is 0 Å². The van der Waals surface area contributed by atoms with Crippen molar-refractivity contribution in [2.45, 2.75) is 13.8 Å². The van der Waals surface area contributed by atoms with Crippen molar-refractivity contribution >= 4 is 39.6 Å². The predicted molar refractivity (Wildman–Crippen MR) is 133 cm³/mol. The molecule has 4 aromatic rings. The van der Waals surface area contributed by atoms with Crippen LogP contribution in [0, 0.1) is 12.1 Å². The summed E-state index contributed by atoms with van der Waals surface area (Å²) in [7, 11) is 0. The number of pyridine rings is 2. The Kier molecular flexibility index (Phi) is 6.62. The van der Waals surface area contributed by atoms with Crippen LogP contribution in [0.1, 0.15) is 13.8 Å². The Morgan fingerprint density at radius 1 is 0.909 bits per heavy atom. The number of hydrogen-bond acceptors (Lipinski definition) is 5. The molecule has 162 valence electrons. The molecule has 0 saturated carbocycles. The molecule has 0 spiro atoms. The molecular formula is C27H23N5O. The van der Waals surface area contributed by atoms with Crippen molar-refractivity contribution in [1.82, 2.24) is 9.97 Å². The molecule has 2 aromatic heterocycles. The first-order valence-corrected chi connectivity index (χ1v) is 10.5. The number of anilines is 4. The fourth-order valence-electron chi connectivity index (χ4n) is 3.17. The van der Waals surface area contributed by atoms with Gasteiger partial charge in [-0.05, 0) is 74.5 Å². The van der Waals surface area contributed by atoms with Crippen LogP contribution < -0.4 is 16.0 Å². The molecule has 1 amide bonds. The van der Waals surface area contributed by atoms with E-state index in [4.69, 9.17) is 0 Å². The highest BCUT2D eigenvalue weighted by Gasteiger charge is 2.06. The predicted octanol–water partition coefficient (Wildman–Crippen LogP) is 5.87. The Morgan fingerprint density at radius 2 is 1.73 bits per heavy atom. The molecule has 6 heteroatoms. The fraction of sp³-hybridized carbons (Fsp3) is 0.0741. The maximum Gasteiger partial charge on any atom is 0.251 e. The number of carbonyl (C=O) groups excluding carboxylic acids is 1. The van der Waals surface area contributed by atoms with Gasteiger partial charge in [0.1, 0.15) is 5.52 Å². The number of aromatic nitrogens is 2. The Hall–Kier alpha value is -4.63. The average molecular weight is 434 g/mol. The molecule has 2 heterocycles. The number of allylic oxidation sites excluding steroid dienone is 3. The van der Waals surface area contributed by atoms with E-state index in [1.165, 1.54) is 0 Å². The van der Waals surface area contributed by atoms with Crippen LogP contribution in [0.4, 0.5) is 22.7 Å². The van der Waals surface area contributed by atoms with Gasteiger partial charge in [0.15, 0.2) is 0 Å². The molecule has 0 radical (unpaired) electrons. The number of fused-ring (bicyclic) bond motifs is 1. The normalized spacial score (nSPS) is 11.6. The zero-order valence-electron chi connectivity index (χ0n) is 18.4. The molecule has 3 N–H and O–H groups in total. The minimum Gasteiger partial charge on any atom is -0.359 e. The summed E-state index contributed by atoms with van der Waals surface area (Å²) < 4.78 is 0. The molecule has 0 aliphatic rings. The van der Waals surface area contributed by atoms with E-state index in [-0.39, 0.29) is 5.91 Å². The lowest BCUT2D eigenvalue weighted by atomic mass is 10.2. The smallest absolute Gasteiger partial charge is 0.251 e. The van der Waals surface area contributed by atoms with Crippen LogP contribution in [0.15, 0.2) is 96.6 Å². The first-order valence-electron chi connectivity index (χ1n) is 10.5. The lowest BCUT2D eigenvalue weighted by Gasteiger charge is -2.10. The Bertz CT molecular complexity index is 1320. The summed E-state index contributed by atoms with van der Waals surface area (Å²) >= 11 is 0. The highest BCUT2D eigenvalue weighted by molar-refractivity contribution is 6.03. The second-order valence-corrected chi connectivity index (χ2v) is 7.44. The van der Waals surface area contributed by atoms with Crippen LogP contribution in [0.5, 0.6) is 0 Å². The molecule has 4 rings (SSSR count). The quantitative estimate of drug-likeness (QED) is 0.251. The third-order valence-electron chi connectivity index (χ3n) is 4.88. The molecule has 0 bridgehead atoms. The number of rotatable bonds is 7. The van der Waals surface area contributed by atoms with Crippen molar-refractivity contribution in [3.05, 3.63) is 109 Å². The standard InChI is InChI=1S/C27H23N5O/c1-19(10-11-20(2)30-26-14-17-29-25-9-4-3-8-24(25)26)27(33)32-23-7-5-6-22(18-23)31-21-12-15-28-16-13-21/h3,5-8,10-18H,1-2H3,(H,28,31)(H,29,30)(H,32,33)/b19-10+,20-11+. The van der Waals surface area contributed by atoms with Crippen molar-refractivity contribution in [1.29, 1.82) is 0 Å². The number of carbonyl (C=O) groups is 1. The Morgan fingerprint density at radius 3 is 2.58 bits per heavy atom. The summed E-state index contributed by atoms with van der Waals surface area (Å²) in [5.41, 5.74) is 5.67. The zero-order valence-corrected chi connectivity index (χ0v) is 18.4. The summed E-state index contributed by atoms with van der Waals surface area (Å²) in [5.74, 6) is -0.167. The zero-order chi connectivity index (χ0) is 23.0. The third kappa shape index (κ3) is 5.75. The molecule has 33 heavy (non-hydrogen) atoms. The van der Waals surface area contributed by atoms with Gasteiger partial charge in [-0.25, -0.2) is 4.98 Å². The summed E-state index contributed by atoms with van der Waals surface area (Å²) in [6, 6.07) is 22.9. The summed E-state index contributed by atoms with van der Waals surface area (Å²) in [5, 5.41) is 10.5. The highest BCUT2D eigenvalue weighted by Crippen LogP contribution is 2.22. The van der Waals surface area contributed by atoms with Gasteiger partial charge in [-0.1, -0.05) is 18.2 Å². The van der Waals surface area contributed by atoms with Gasteiger partial charge in [-0.3, -0.25) is 9.78 Å². The van der Waals surface area contributed by atoms with Crippen molar-refractivity contribution in [3.8, 4) is 0 Å². The molecule has 0 aliphatic heterocycles. The van der Waals surface area contributed by atoms with Gasteiger partial charge in [0, 0.05) is 58.0 Å². The summed E-state index contributed by atoms with van der Waals surface area (Å²) in [4.78, 5) is 21.0. The van der Waals surface area contributed by atoms with Gasteiger partial charge in [0.05, 0.1) is 0 Å². The first-order chi connectivity index (χ1) is 16.1. The van der Waals surface area contributed by atoms with Gasteiger partial charge in [-0.15, -0.1) is 0 Å². The van der Waals surface area contributed by atoms with Gasteiger partial charge in [0.25, 0.3) is 5.91 Å². The average Bonchev–Trinajstić information content (AvgIpc) is 2.83. The first kappa shape index (κ1) is 21.6. The molecule has 0 aliphatic carbocycles.